The number of nitrogens with one attached hydrogen (secondary N) is 2. The second-order valence-corrected chi connectivity index (χ2v) is 6.30. The van der Waals surface area contributed by atoms with E-state index >= 15 is 0 Å². The minimum absolute atomic E-state index is 0.126. The van der Waals surface area contributed by atoms with Gasteiger partial charge in [0.05, 0.1) is 5.92 Å². The van der Waals surface area contributed by atoms with Gasteiger partial charge in [0.15, 0.2) is 11.5 Å². The first kappa shape index (κ1) is 15.5. The van der Waals surface area contributed by atoms with E-state index in [2.05, 4.69) is 10.6 Å². The summed E-state index contributed by atoms with van der Waals surface area (Å²) in [6, 6.07) is 11.4. The highest BCUT2D eigenvalue weighted by molar-refractivity contribution is 6.05. The van der Waals surface area contributed by atoms with Gasteiger partial charge in [-0.25, -0.2) is 0 Å². The van der Waals surface area contributed by atoms with Crippen LogP contribution < -0.4 is 20.1 Å². The van der Waals surface area contributed by atoms with Gasteiger partial charge in [-0.3, -0.25) is 9.59 Å². The molecular formula is C19H18N2O4. The standard InChI is InChI=1S/C19H18N2O4/c1-11-2-4-15-13(6-11)14(19(23)21-15)8-18(22)20-9-12-3-5-16-17(7-12)25-10-24-16/h2-7,14H,8-10H2,1H3,(H,20,22)(H,21,23)/t14-/m1/s1. The molecule has 0 unspecified atom stereocenters. The number of aryl methyl sites for hydroxylation is 1. The molecule has 2 aromatic rings. The lowest BCUT2D eigenvalue weighted by atomic mass is 9.95. The fraction of sp³-hybridized carbons (Fsp3) is 0.263. The zero-order valence-electron chi connectivity index (χ0n) is 13.8. The van der Waals surface area contributed by atoms with Crippen LogP contribution in [0.4, 0.5) is 5.69 Å². The predicted molar refractivity (Wildman–Crippen MR) is 91.6 cm³/mol. The minimum Gasteiger partial charge on any atom is -0.454 e. The van der Waals surface area contributed by atoms with E-state index < -0.39 is 5.92 Å². The van der Waals surface area contributed by atoms with Crippen molar-refractivity contribution in [3.8, 4) is 11.5 Å². The summed E-state index contributed by atoms with van der Waals surface area (Å²) in [4.78, 5) is 24.5. The zero-order valence-corrected chi connectivity index (χ0v) is 13.8. The van der Waals surface area contributed by atoms with Gasteiger partial charge in [0.1, 0.15) is 0 Å². The number of benzene rings is 2. The van der Waals surface area contributed by atoms with E-state index in [1.807, 2.05) is 43.3 Å². The van der Waals surface area contributed by atoms with Crippen molar-refractivity contribution in [1.82, 2.24) is 5.32 Å². The molecule has 4 rings (SSSR count). The molecule has 128 valence electrons. The highest BCUT2D eigenvalue weighted by Gasteiger charge is 2.32. The predicted octanol–water partition coefficient (Wildman–Crippen LogP) is 2.47. The first-order valence-electron chi connectivity index (χ1n) is 8.17. The molecule has 0 aromatic heterocycles. The highest BCUT2D eigenvalue weighted by atomic mass is 16.7. The first-order valence-corrected chi connectivity index (χ1v) is 8.17. The topological polar surface area (TPSA) is 76.7 Å². The maximum atomic E-state index is 12.3. The number of hydrogen-bond acceptors (Lipinski definition) is 4. The summed E-state index contributed by atoms with van der Waals surface area (Å²) in [7, 11) is 0. The van der Waals surface area contributed by atoms with Gasteiger partial charge < -0.3 is 20.1 Å². The van der Waals surface area contributed by atoms with Gasteiger partial charge in [0.25, 0.3) is 0 Å². The van der Waals surface area contributed by atoms with E-state index in [1.54, 1.807) is 0 Å². The van der Waals surface area contributed by atoms with E-state index in [0.29, 0.717) is 18.0 Å². The summed E-state index contributed by atoms with van der Waals surface area (Å²) in [5.41, 5.74) is 3.68. The third-order valence-electron chi connectivity index (χ3n) is 4.47. The summed E-state index contributed by atoms with van der Waals surface area (Å²) >= 11 is 0. The molecular weight excluding hydrogens is 320 g/mol. The van der Waals surface area contributed by atoms with Crippen molar-refractivity contribution in [3.63, 3.8) is 0 Å². The number of anilines is 1. The van der Waals surface area contributed by atoms with Crippen molar-refractivity contribution in [2.45, 2.75) is 25.8 Å². The molecule has 2 amide bonds. The van der Waals surface area contributed by atoms with E-state index in [9.17, 15) is 9.59 Å². The molecule has 0 bridgehead atoms. The van der Waals surface area contributed by atoms with Gasteiger partial charge in [-0.05, 0) is 36.2 Å². The van der Waals surface area contributed by atoms with Crippen molar-refractivity contribution in [1.29, 1.82) is 0 Å². The smallest absolute Gasteiger partial charge is 0.232 e. The monoisotopic (exact) mass is 338 g/mol. The molecule has 2 aliphatic heterocycles. The summed E-state index contributed by atoms with van der Waals surface area (Å²) in [5, 5.41) is 5.70. The molecule has 1 atom stereocenters. The van der Waals surface area contributed by atoms with Crippen LogP contribution in [0, 0.1) is 6.92 Å². The summed E-state index contributed by atoms with van der Waals surface area (Å²) in [6.45, 7) is 2.57. The highest BCUT2D eigenvalue weighted by Crippen LogP contribution is 2.35. The van der Waals surface area contributed by atoms with E-state index in [4.69, 9.17) is 9.47 Å². The lowest BCUT2D eigenvalue weighted by Crippen LogP contribution is -2.26. The number of hydrogen-bond donors (Lipinski definition) is 2. The van der Waals surface area contributed by atoms with Crippen LogP contribution in [0.15, 0.2) is 36.4 Å². The van der Waals surface area contributed by atoms with Gasteiger partial charge in [-0.2, -0.15) is 0 Å². The minimum atomic E-state index is -0.438. The Bertz CT molecular complexity index is 862. The fourth-order valence-electron chi connectivity index (χ4n) is 3.16. The number of rotatable bonds is 4. The zero-order chi connectivity index (χ0) is 17.4. The van der Waals surface area contributed by atoms with Crippen molar-refractivity contribution in [3.05, 3.63) is 53.1 Å². The number of carbonyl (C=O) groups excluding carboxylic acids is 2. The van der Waals surface area contributed by atoms with Gasteiger partial charge in [0, 0.05) is 18.7 Å². The second-order valence-electron chi connectivity index (χ2n) is 6.30. The molecule has 0 saturated carbocycles. The molecule has 0 spiro atoms. The molecule has 0 saturated heterocycles. The van der Waals surface area contributed by atoms with Gasteiger partial charge in [-0.1, -0.05) is 23.8 Å². The first-order chi connectivity index (χ1) is 12.1. The maximum absolute atomic E-state index is 12.3. The molecule has 2 aromatic carbocycles. The number of ether oxygens (including phenoxy) is 2. The molecule has 0 aliphatic carbocycles. The average molecular weight is 338 g/mol. The molecule has 2 N–H and O–H groups in total. The summed E-state index contributed by atoms with van der Waals surface area (Å²) < 4.78 is 10.6. The fourth-order valence-corrected chi connectivity index (χ4v) is 3.16. The van der Waals surface area contributed by atoms with Crippen LogP contribution in [0.25, 0.3) is 0 Å². The average Bonchev–Trinajstić information content (AvgIpc) is 3.17. The Morgan fingerprint density at radius 3 is 2.92 bits per heavy atom. The third kappa shape index (κ3) is 3.03. The number of amides is 2. The summed E-state index contributed by atoms with van der Waals surface area (Å²) in [5.74, 6) is 0.675. The van der Waals surface area contributed by atoms with Crippen LogP contribution in [0.2, 0.25) is 0 Å². The molecule has 2 aliphatic rings. The SMILES string of the molecule is Cc1ccc2c(c1)[C@@H](CC(=O)NCc1ccc3c(c1)OCO3)C(=O)N2. The second kappa shape index (κ2) is 6.12. The van der Waals surface area contributed by atoms with Crippen molar-refractivity contribution < 1.29 is 19.1 Å². The van der Waals surface area contributed by atoms with Gasteiger partial charge >= 0.3 is 0 Å². The van der Waals surface area contributed by atoms with Crippen LogP contribution in [0.3, 0.4) is 0 Å². The van der Waals surface area contributed by atoms with Crippen LogP contribution in [-0.2, 0) is 16.1 Å². The Balaban J connectivity index is 1.40. The van der Waals surface area contributed by atoms with Crippen molar-refractivity contribution in [2.75, 3.05) is 12.1 Å². The van der Waals surface area contributed by atoms with Crippen molar-refractivity contribution in [2.24, 2.45) is 0 Å². The van der Waals surface area contributed by atoms with Crippen molar-refractivity contribution >= 4 is 17.5 Å². The molecule has 6 heteroatoms. The Kier molecular flexibility index (Phi) is 3.80. The molecule has 6 nitrogen and oxygen atoms in total. The quantitative estimate of drug-likeness (QED) is 0.898. The lowest BCUT2D eigenvalue weighted by Gasteiger charge is -2.10. The maximum Gasteiger partial charge on any atom is 0.232 e. The molecule has 2 heterocycles. The van der Waals surface area contributed by atoms with Crippen LogP contribution in [0.5, 0.6) is 11.5 Å². The van der Waals surface area contributed by atoms with E-state index in [1.165, 1.54) is 0 Å². The summed E-state index contributed by atoms with van der Waals surface area (Å²) in [6.07, 6.45) is 0.132. The van der Waals surface area contributed by atoms with Crippen LogP contribution >= 0.6 is 0 Å². The molecule has 0 fully saturated rings. The van der Waals surface area contributed by atoms with E-state index in [-0.39, 0.29) is 25.0 Å². The largest absolute Gasteiger partial charge is 0.454 e. The molecule has 0 radical (unpaired) electrons. The Labute approximate surface area is 145 Å². The Morgan fingerprint density at radius 2 is 2.04 bits per heavy atom. The van der Waals surface area contributed by atoms with E-state index in [0.717, 1.165) is 22.4 Å². The third-order valence-corrected chi connectivity index (χ3v) is 4.47. The normalized spacial score (nSPS) is 17.2. The number of carbonyl (C=O) groups is 2. The van der Waals surface area contributed by atoms with Crippen LogP contribution in [0.1, 0.15) is 29.0 Å². The molecule has 25 heavy (non-hydrogen) atoms. The van der Waals surface area contributed by atoms with Crippen LogP contribution in [-0.4, -0.2) is 18.6 Å². The van der Waals surface area contributed by atoms with Gasteiger partial charge in [0.2, 0.25) is 18.6 Å². The Hall–Kier alpha value is -3.02. The van der Waals surface area contributed by atoms with Gasteiger partial charge in [-0.15, -0.1) is 0 Å². The lowest BCUT2D eigenvalue weighted by molar-refractivity contribution is -0.125. The number of fused-ring (bicyclic) bond motifs is 2. The Morgan fingerprint density at radius 1 is 1.20 bits per heavy atom.